The standard InChI is InChI=1S/C16H17N3O2S/c1-11(12-6-3-2-4-7-12)18-16(22)19-17-10-13-14(20)8-5-9-15(13)21/h2-11,20-21H,1H3,(H2,18,19,22)/t11-/m1/s1. The van der Waals surface area contributed by atoms with Crippen LogP contribution in [0.3, 0.4) is 0 Å². The molecule has 0 radical (unpaired) electrons. The van der Waals surface area contributed by atoms with Gasteiger partial charge in [-0.25, -0.2) is 0 Å². The fraction of sp³-hybridized carbons (Fsp3) is 0.125. The van der Waals surface area contributed by atoms with Crippen LogP contribution in [-0.2, 0) is 0 Å². The fourth-order valence-corrected chi connectivity index (χ4v) is 2.11. The van der Waals surface area contributed by atoms with Gasteiger partial charge in [0.2, 0.25) is 0 Å². The number of nitrogens with zero attached hydrogens (tertiary/aromatic N) is 1. The van der Waals surface area contributed by atoms with Gasteiger partial charge in [-0.15, -0.1) is 0 Å². The van der Waals surface area contributed by atoms with E-state index in [1.165, 1.54) is 18.3 Å². The Balaban J connectivity index is 1.92. The zero-order valence-corrected chi connectivity index (χ0v) is 12.8. The fourth-order valence-electron chi connectivity index (χ4n) is 1.88. The van der Waals surface area contributed by atoms with E-state index in [1.807, 2.05) is 37.3 Å². The highest BCUT2D eigenvalue weighted by atomic mass is 32.1. The number of hydrogen-bond acceptors (Lipinski definition) is 4. The van der Waals surface area contributed by atoms with E-state index >= 15 is 0 Å². The highest BCUT2D eigenvalue weighted by Gasteiger charge is 2.06. The van der Waals surface area contributed by atoms with E-state index in [0.29, 0.717) is 5.11 Å². The van der Waals surface area contributed by atoms with Crippen LogP contribution >= 0.6 is 12.2 Å². The van der Waals surface area contributed by atoms with Crippen molar-refractivity contribution in [3.63, 3.8) is 0 Å². The van der Waals surface area contributed by atoms with Crippen LogP contribution < -0.4 is 10.7 Å². The first-order valence-electron chi connectivity index (χ1n) is 6.73. The highest BCUT2D eigenvalue weighted by molar-refractivity contribution is 7.80. The van der Waals surface area contributed by atoms with E-state index in [4.69, 9.17) is 12.2 Å². The Labute approximate surface area is 134 Å². The molecule has 0 amide bonds. The van der Waals surface area contributed by atoms with Crippen molar-refractivity contribution in [2.45, 2.75) is 13.0 Å². The Bertz CT molecular complexity index is 654. The van der Waals surface area contributed by atoms with Gasteiger partial charge in [0.15, 0.2) is 5.11 Å². The third kappa shape index (κ3) is 4.20. The lowest BCUT2D eigenvalue weighted by atomic mass is 10.1. The van der Waals surface area contributed by atoms with Gasteiger partial charge in [0.05, 0.1) is 17.8 Å². The molecule has 0 aromatic heterocycles. The molecule has 0 unspecified atom stereocenters. The molecule has 0 heterocycles. The van der Waals surface area contributed by atoms with Gasteiger partial charge in [0.1, 0.15) is 11.5 Å². The molecular weight excluding hydrogens is 298 g/mol. The molecule has 0 spiro atoms. The number of rotatable bonds is 4. The van der Waals surface area contributed by atoms with Gasteiger partial charge in [-0.3, -0.25) is 5.43 Å². The van der Waals surface area contributed by atoms with Crippen LogP contribution in [0.25, 0.3) is 0 Å². The summed E-state index contributed by atoms with van der Waals surface area (Å²) in [6.07, 6.45) is 1.31. The molecule has 0 aliphatic heterocycles. The zero-order chi connectivity index (χ0) is 15.9. The number of nitrogens with one attached hydrogen (secondary N) is 2. The molecule has 2 aromatic rings. The summed E-state index contributed by atoms with van der Waals surface area (Å²) in [6, 6.07) is 14.4. The van der Waals surface area contributed by atoms with Gasteiger partial charge in [-0.1, -0.05) is 36.4 Å². The minimum atomic E-state index is -0.0536. The molecule has 6 heteroatoms. The van der Waals surface area contributed by atoms with Crippen LogP contribution in [0.2, 0.25) is 0 Å². The number of thiocarbonyl (C=S) groups is 1. The molecule has 0 aliphatic rings. The van der Waals surface area contributed by atoms with E-state index in [9.17, 15) is 10.2 Å². The van der Waals surface area contributed by atoms with Gasteiger partial charge in [-0.05, 0) is 36.8 Å². The summed E-state index contributed by atoms with van der Waals surface area (Å²) in [5.41, 5.74) is 3.99. The third-order valence-electron chi connectivity index (χ3n) is 3.07. The SMILES string of the molecule is C[C@@H](NC(=S)NN=Cc1c(O)cccc1O)c1ccccc1. The van der Waals surface area contributed by atoms with Crippen molar-refractivity contribution >= 4 is 23.5 Å². The van der Waals surface area contributed by atoms with Crippen molar-refractivity contribution < 1.29 is 10.2 Å². The van der Waals surface area contributed by atoms with Crippen LogP contribution in [0.15, 0.2) is 53.6 Å². The first kappa shape index (κ1) is 15.8. The maximum absolute atomic E-state index is 9.62. The molecule has 2 aromatic carbocycles. The Kier molecular flexibility index (Phi) is 5.32. The van der Waals surface area contributed by atoms with Crippen LogP contribution in [0.4, 0.5) is 0 Å². The Hall–Kier alpha value is -2.60. The normalized spacial score (nSPS) is 12.0. The van der Waals surface area contributed by atoms with Gasteiger partial charge < -0.3 is 15.5 Å². The molecule has 0 saturated heterocycles. The Morgan fingerprint density at radius 1 is 1.09 bits per heavy atom. The number of phenolic OH excluding ortho intramolecular Hbond substituents is 2. The second kappa shape index (κ2) is 7.42. The summed E-state index contributed by atoms with van der Waals surface area (Å²) in [7, 11) is 0. The first-order valence-corrected chi connectivity index (χ1v) is 7.14. The van der Waals surface area contributed by atoms with Crippen molar-refractivity contribution in [3.8, 4) is 11.5 Å². The largest absolute Gasteiger partial charge is 0.507 e. The minimum absolute atomic E-state index is 0.0370. The van der Waals surface area contributed by atoms with Crippen molar-refractivity contribution in [2.75, 3.05) is 0 Å². The average molecular weight is 315 g/mol. The van der Waals surface area contributed by atoms with Crippen LogP contribution in [-0.4, -0.2) is 21.5 Å². The van der Waals surface area contributed by atoms with Crippen LogP contribution in [0.5, 0.6) is 11.5 Å². The van der Waals surface area contributed by atoms with E-state index in [-0.39, 0.29) is 23.1 Å². The first-order chi connectivity index (χ1) is 10.6. The number of phenols is 2. The summed E-state index contributed by atoms with van der Waals surface area (Å²) in [5, 5.41) is 26.6. The van der Waals surface area contributed by atoms with Crippen LogP contribution in [0, 0.1) is 0 Å². The molecule has 0 fully saturated rings. The molecule has 114 valence electrons. The van der Waals surface area contributed by atoms with E-state index in [2.05, 4.69) is 15.8 Å². The van der Waals surface area contributed by atoms with Crippen molar-refractivity contribution in [2.24, 2.45) is 5.10 Å². The molecule has 0 bridgehead atoms. The van der Waals surface area contributed by atoms with E-state index in [1.54, 1.807) is 6.07 Å². The number of hydrogen-bond donors (Lipinski definition) is 4. The maximum Gasteiger partial charge on any atom is 0.187 e. The summed E-state index contributed by atoms with van der Waals surface area (Å²) < 4.78 is 0. The van der Waals surface area contributed by atoms with Gasteiger partial charge in [0, 0.05) is 0 Å². The molecule has 4 N–H and O–H groups in total. The molecule has 0 aliphatic carbocycles. The maximum atomic E-state index is 9.62. The number of aromatic hydroxyl groups is 2. The summed E-state index contributed by atoms with van der Waals surface area (Å²) in [4.78, 5) is 0. The summed E-state index contributed by atoms with van der Waals surface area (Å²) in [6.45, 7) is 1.99. The smallest absolute Gasteiger partial charge is 0.187 e. The molecule has 0 saturated carbocycles. The highest BCUT2D eigenvalue weighted by Crippen LogP contribution is 2.23. The predicted octanol–water partition coefficient (Wildman–Crippen LogP) is 2.66. The summed E-state index contributed by atoms with van der Waals surface area (Å²) >= 11 is 5.15. The molecular formula is C16H17N3O2S. The minimum Gasteiger partial charge on any atom is -0.507 e. The van der Waals surface area contributed by atoms with Crippen molar-refractivity contribution in [1.29, 1.82) is 0 Å². The van der Waals surface area contributed by atoms with Crippen molar-refractivity contribution in [1.82, 2.24) is 10.7 Å². The lowest BCUT2D eigenvalue weighted by Crippen LogP contribution is -2.34. The second-order valence-electron chi connectivity index (χ2n) is 4.69. The molecule has 2 rings (SSSR count). The topological polar surface area (TPSA) is 76.9 Å². The lowest BCUT2D eigenvalue weighted by Gasteiger charge is -2.15. The summed E-state index contributed by atoms with van der Waals surface area (Å²) in [5.74, 6) is -0.107. The van der Waals surface area contributed by atoms with Gasteiger partial charge >= 0.3 is 0 Å². The Morgan fingerprint density at radius 2 is 1.73 bits per heavy atom. The Morgan fingerprint density at radius 3 is 2.36 bits per heavy atom. The van der Waals surface area contributed by atoms with Crippen LogP contribution in [0.1, 0.15) is 24.1 Å². The third-order valence-corrected chi connectivity index (χ3v) is 3.28. The van der Waals surface area contributed by atoms with Gasteiger partial charge in [0.25, 0.3) is 0 Å². The molecule has 1 atom stereocenters. The monoisotopic (exact) mass is 315 g/mol. The predicted molar refractivity (Wildman–Crippen MR) is 91.1 cm³/mol. The number of hydrazone groups is 1. The average Bonchev–Trinajstić information content (AvgIpc) is 2.51. The molecule has 5 nitrogen and oxygen atoms in total. The quantitative estimate of drug-likeness (QED) is 0.396. The van der Waals surface area contributed by atoms with E-state index in [0.717, 1.165) is 5.56 Å². The van der Waals surface area contributed by atoms with Gasteiger partial charge in [-0.2, -0.15) is 5.10 Å². The van der Waals surface area contributed by atoms with Crippen molar-refractivity contribution in [3.05, 3.63) is 59.7 Å². The molecule has 22 heavy (non-hydrogen) atoms. The zero-order valence-electron chi connectivity index (χ0n) is 12.0. The number of benzene rings is 2. The lowest BCUT2D eigenvalue weighted by molar-refractivity contribution is 0.449. The van der Waals surface area contributed by atoms with E-state index < -0.39 is 0 Å². The second-order valence-corrected chi connectivity index (χ2v) is 5.09.